The largest absolute Gasteiger partial charge is 0.449 e. The van der Waals surface area contributed by atoms with Crippen LogP contribution in [0, 0.1) is 0 Å². The number of ether oxygens (including phenoxy) is 1. The monoisotopic (exact) mass is 261 g/mol. The minimum Gasteiger partial charge on any atom is -0.449 e. The maximum absolute atomic E-state index is 11.5. The van der Waals surface area contributed by atoms with E-state index >= 15 is 0 Å². The molecule has 0 saturated carbocycles. The van der Waals surface area contributed by atoms with Crippen LogP contribution >= 0.6 is 23.2 Å². The van der Waals surface area contributed by atoms with Gasteiger partial charge in [0.15, 0.2) is 6.10 Å². The smallest absolute Gasteiger partial charge is 0.338 e. The molecule has 1 rings (SSSR count). The number of carbonyl (C=O) groups excluding carboxylic acids is 2. The molecule has 6 heteroatoms. The summed E-state index contributed by atoms with van der Waals surface area (Å²) in [6.07, 6.45) is -0.984. The van der Waals surface area contributed by atoms with Crippen LogP contribution in [0.4, 0.5) is 0 Å². The molecule has 0 aliphatic carbocycles. The Morgan fingerprint density at radius 3 is 2.44 bits per heavy atom. The molecule has 1 amide bonds. The first kappa shape index (κ1) is 12.8. The third-order valence-corrected chi connectivity index (χ3v) is 2.58. The first-order valence-electron chi connectivity index (χ1n) is 4.37. The lowest BCUT2D eigenvalue weighted by atomic mass is 10.2. The van der Waals surface area contributed by atoms with Gasteiger partial charge in [-0.15, -0.1) is 0 Å². The predicted octanol–water partition coefficient (Wildman–Crippen LogP) is 2.02. The van der Waals surface area contributed by atoms with E-state index < -0.39 is 18.0 Å². The molecule has 0 radical (unpaired) electrons. The third-order valence-electron chi connectivity index (χ3n) is 1.84. The number of rotatable bonds is 3. The van der Waals surface area contributed by atoms with E-state index in [4.69, 9.17) is 33.7 Å². The highest BCUT2D eigenvalue weighted by Crippen LogP contribution is 2.23. The van der Waals surface area contributed by atoms with Crippen LogP contribution < -0.4 is 5.73 Å². The summed E-state index contributed by atoms with van der Waals surface area (Å²) in [6.45, 7) is 1.39. The van der Waals surface area contributed by atoms with Crippen LogP contribution in [0.15, 0.2) is 18.2 Å². The fraction of sp³-hybridized carbons (Fsp3) is 0.200. The van der Waals surface area contributed by atoms with E-state index in [2.05, 4.69) is 0 Å². The highest BCUT2D eigenvalue weighted by molar-refractivity contribution is 6.42. The van der Waals surface area contributed by atoms with Gasteiger partial charge >= 0.3 is 5.97 Å². The van der Waals surface area contributed by atoms with E-state index in [0.717, 1.165) is 0 Å². The molecule has 0 heterocycles. The minimum atomic E-state index is -0.984. The first-order chi connectivity index (χ1) is 7.41. The summed E-state index contributed by atoms with van der Waals surface area (Å²) >= 11 is 11.4. The Morgan fingerprint density at radius 1 is 1.31 bits per heavy atom. The van der Waals surface area contributed by atoms with Gasteiger partial charge in [-0.25, -0.2) is 4.79 Å². The fourth-order valence-electron chi connectivity index (χ4n) is 0.910. The van der Waals surface area contributed by atoms with Gasteiger partial charge in [0, 0.05) is 0 Å². The zero-order valence-electron chi connectivity index (χ0n) is 8.37. The van der Waals surface area contributed by atoms with Gasteiger partial charge in [0.2, 0.25) is 0 Å². The second-order valence-electron chi connectivity index (χ2n) is 3.08. The highest BCUT2D eigenvalue weighted by atomic mass is 35.5. The number of primary amides is 1. The Morgan fingerprint density at radius 2 is 1.94 bits per heavy atom. The van der Waals surface area contributed by atoms with Gasteiger partial charge < -0.3 is 10.5 Å². The number of hydrogen-bond acceptors (Lipinski definition) is 3. The van der Waals surface area contributed by atoms with E-state index in [1.54, 1.807) is 0 Å². The summed E-state index contributed by atoms with van der Waals surface area (Å²) in [7, 11) is 0. The second-order valence-corrected chi connectivity index (χ2v) is 3.89. The number of hydrogen-bond donors (Lipinski definition) is 1. The summed E-state index contributed by atoms with van der Waals surface area (Å²) in [6, 6.07) is 4.28. The standard InChI is InChI=1S/C10H9Cl2NO3/c1-5(9(13)14)16-10(15)6-2-3-7(11)8(12)4-6/h2-5H,1H3,(H2,13,14). The second kappa shape index (κ2) is 5.18. The van der Waals surface area contributed by atoms with Gasteiger partial charge in [-0.2, -0.15) is 0 Å². The van der Waals surface area contributed by atoms with Gasteiger partial charge in [0.25, 0.3) is 5.91 Å². The van der Waals surface area contributed by atoms with E-state index in [9.17, 15) is 9.59 Å². The van der Waals surface area contributed by atoms with E-state index in [0.29, 0.717) is 5.02 Å². The van der Waals surface area contributed by atoms with Gasteiger partial charge in [0.05, 0.1) is 15.6 Å². The van der Waals surface area contributed by atoms with Gasteiger partial charge in [-0.05, 0) is 25.1 Å². The Kier molecular flexibility index (Phi) is 4.15. The van der Waals surface area contributed by atoms with Crippen molar-refractivity contribution in [2.45, 2.75) is 13.0 Å². The lowest BCUT2D eigenvalue weighted by Crippen LogP contribution is -2.30. The zero-order valence-corrected chi connectivity index (χ0v) is 9.88. The number of carbonyl (C=O) groups is 2. The van der Waals surface area contributed by atoms with Crippen molar-refractivity contribution >= 4 is 35.1 Å². The molecule has 0 fully saturated rings. The van der Waals surface area contributed by atoms with E-state index in [1.807, 2.05) is 0 Å². The maximum Gasteiger partial charge on any atom is 0.338 e. The molecule has 0 aromatic heterocycles. The molecule has 0 aliphatic rings. The molecule has 0 bridgehead atoms. The average Bonchev–Trinajstić information content (AvgIpc) is 2.21. The Labute approximate surface area is 102 Å². The van der Waals surface area contributed by atoms with Crippen LogP contribution in [0.5, 0.6) is 0 Å². The van der Waals surface area contributed by atoms with Crippen molar-refractivity contribution in [3.05, 3.63) is 33.8 Å². The SMILES string of the molecule is CC(OC(=O)c1ccc(Cl)c(Cl)c1)C(N)=O. The number of nitrogens with two attached hydrogens (primary N) is 1. The van der Waals surface area contributed by atoms with Crippen molar-refractivity contribution < 1.29 is 14.3 Å². The molecular weight excluding hydrogens is 253 g/mol. The van der Waals surface area contributed by atoms with Gasteiger partial charge in [-0.3, -0.25) is 4.79 Å². The van der Waals surface area contributed by atoms with Crippen molar-refractivity contribution in [3.63, 3.8) is 0 Å². The Balaban J connectivity index is 2.81. The molecule has 1 unspecified atom stereocenters. The molecule has 0 spiro atoms. The van der Waals surface area contributed by atoms with Crippen molar-refractivity contribution in [1.29, 1.82) is 0 Å². The van der Waals surface area contributed by atoms with E-state index in [1.165, 1.54) is 25.1 Å². The van der Waals surface area contributed by atoms with Crippen molar-refractivity contribution in [2.24, 2.45) is 5.73 Å². The number of benzene rings is 1. The number of amides is 1. The van der Waals surface area contributed by atoms with E-state index in [-0.39, 0.29) is 10.6 Å². The minimum absolute atomic E-state index is 0.211. The van der Waals surface area contributed by atoms with Crippen LogP contribution in [0.1, 0.15) is 17.3 Å². The average molecular weight is 262 g/mol. The number of esters is 1. The predicted molar refractivity (Wildman–Crippen MR) is 60.5 cm³/mol. The molecular formula is C10H9Cl2NO3. The summed E-state index contributed by atoms with van der Waals surface area (Å²) in [5.74, 6) is -1.39. The van der Waals surface area contributed by atoms with Gasteiger partial charge in [-0.1, -0.05) is 23.2 Å². The van der Waals surface area contributed by atoms with Crippen LogP contribution in [0.25, 0.3) is 0 Å². The molecule has 4 nitrogen and oxygen atoms in total. The summed E-state index contributed by atoms with van der Waals surface area (Å²) in [5.41, 5.74) is 5.16. The zero-order chi connectivity index (χ0) is 12.3. The van der Waals surface area contributed by atoms with Crippen molar-refractivity contribution in [1.82, 2.24) is 0 Å². The molecule has 0 aliphatic heterocycles. The molecule has 0 saturated heterocycles. The van der Waals surface area contributed by atoms with Crippen molar-refractivity contribution in [2.75, 3.05) is 0 Å². The van der Waals surface area contributed by atoms with Crippen molar-refractivity contribution in [3.8, 4) is 0 Å². The van der Waals surface area contributed by atoms with Crippen LogP contribution in [-0.2, 0) is 9.53 Å². The topological polar surface area (TPSA) is 69.4 Å². The normalized spacial score (nSPS) is 11.9. The first-order valence-corrected chi connectivity index (χ1v) is 5.12. The Hall–Kier alpha value is -1.26. The molecule has 1 aromatic carbocycles. The molecule has 86 valence electrons. The summed E-state index contributed by atoms with van der Waals surface area (Å²) in [5, 5.41) is 0.573. The third kappa shape index (κ3) is 3.12. The lowest BCUT2D eigenvalue weighted by molar-refractivity contribution is -0.125. The molecule has 2 N–H and O–H groups in total. The van der Waals surface area contributed by atoms with Crippen LogP contribution in [-0.4, -0.2) is 18.0 Å². The molecule has 1 aromatic rings. The number of halogens is 2. The Bertz CT molecular complexity index is 434. The highest BCUT2D eigenvalue weighted by Gasteiger charge is 2.16. The summed E-state index contributed by atoms with van der Waals surface area (Å²) < 4.78 is 4.78. The molecule has 16 heavy (non-hydrogen) atoms. The van der Waals surface area contributed by atoms with Crippen LogP contribution in [0.3, 0.4) is 0 Å². The van der Waals surface area contributed by atoms with Gasteiger partial charge in [0.1, 0.15) is 0 Å². The quantitative estimate of drug-likeness (QED) is 0.847. The fourth-order valence-corrected chi connectivity index (χ4v) is 1.21. The molecule has 1 atom stereocenters. The summed E-state index contributed by atoms with van der Waals surface area (Å²) in [4.78, 5) is 22.2. The lowest BCUT2D eigenvalue weighted by Gasteiger charge is -2.09. The maximum atomic E-state index is 11.5. The van der Waals surface area contributed by atoms with Crippen LogP contribution in [0.2, 0.25) is 10.0 Å².